The van der Waals surface area contributed by atoms with Crippen molar-refractivity contribution >= 4 is 11.3 Å². The van der Waals surface area contributed by atoms with Crippen LogP contribution in [-0.4, -0.2) is 59.3 Å². The first-order chi connectivity index (χ1) is 12.9. The van der Waals surface area contributed by atoms with Gasteiger partial charge < -0.3 is 4.74 Å². The minimum atomic E-state index is 0.752. The lowest BCUT2D eigenvalue weighted by Gasteiger charge is -2.34. The van der Waals surface area contributed by atoms with Crippen LogP contribution in [0.15, 0.2) is 54.7 Å². The molecule has 3 aromatic rings. The molecule has 0 aliphatic carbocycles. The van der Waals surface area contributed by atoms with E-state index in [0.29, 0.717) is 0 Å². The zero-order valence-corrected chi connectivity index (χ0v) is 15.6. The summed E-state index contributed by atoms with van der Waals surface area (Å²) in [5.74, 6) is 0.955. The van der Waals surface area contributed by atoms with E-state index in [0.717, 1.165) is 57.3 Å². The van der Waals surface area contributed by atoms with E-state index in [-0.39, 0.29) is 0 Å². The van der Waals surface area contributed by atoms with Gasteiger partial charge in [-0.05, 0) is 30.3 Å². The third-order valence-electron chi connectivity index (χ3n) is 4.69. The molecule has 4 rings (SSSR count). The van der Waals surface area contributed by atoms with E-state index in [9.17, 15) is 0 Å². The van der Waals surface area contributed by atoms with E-state index in [1.807, 2.05) is 47.7 Å². The van der Waals surface area contributed by atoms with E-state index in [2.05, 4.69) is 32.1 Å². The number of nitrogens with zero attached hydrogens (tertiary/aromatic N) is 3. The number of hydrogen-bond acceptors (Lipinski definition) is 5. The van der Waals surface area contributed by atoms with Gasteiger partial charge in [0.25, 0.3) is 0 Å². The standard InChI is InChI=1S/C20H24N4OS/c1-2-4-17(5-3-1)25-15-14-23-10-12-24(13-11-23)16-18-6-7-20(26-18)19-8-9-21-22-19/h1-9H,10-16H2,(H,21,22). The van der Waals surface area contributed by atoms with E-state index in [1.54, 1.807) is 6.20 Å². The Balaban J connectivity index is 1.19. The van der Waals surface area contributed by atoms with Crippen molar-refractivity contribution < 1.29 is 4.74 Å². The average Bonchev–Trinajstić information content (AvgIpc) is 3.36. The molecule has 1 fully saturated rings. The minimum absolute atomic E-state index is 0.752. The summed E-state index contributed by atoms with van der Waals surface area (Å²) in [7, 11) is 0. The summed E-state index contributed by atoms with van der Waals surface area (Å²) in [4.78, 5) is 7.70. The van der Waals surface area contributed by atoms with Gasteiger partial charge in [-0.25, -0.2) is 0 Å². The summed E-state index contributed by atoms with van der Waals surface area (Å²) in [5.41, 5.74) is 1.10. The Kier molecular flexibility index (Phi) is 5.64. The Morgan fingerprint density at radius 2 is 1.77 bits per heavy atom. The highest BCUT2D eigenvalue weighted by Gasteiger charge is 2.17. The SMILES string of the molecule is c1ccc(OCCN2CCN(Cc3ccc(-c4ccn[nH]4)s3)CC2)cc1. The monoisotopic (exact) mass is 368 g/mol. The quantitative estimate of drug-likeness (QED) is 0.695. The number of para-hydroxylation sites is 1. The fourth-order valence-corrected chi connectivity index (χ4v) is 4.23. The molecule has 5 nitrogen and oxygen atoms in total. The molecule has 1 saturated heterocycles. The maximum atomic E-state index is 5.81. The fourth-order valence-electron chi connectivity index (χ4n) is 3.20. The fraction of sp³-hybridized carbons (Fsp3) is 0.350. The number of piperazine rings is 1. The van der Waals surface area contributed by atoms with Gasteiger partial charge in [-0.1, -0.05) is 18.2 Å². The molecule has 1 aliphatic rings. The zero-order valence-electron chi connectivity index (χ0n) is 14.8. The number of nitrogens with one attached hydrogen (secondary N) is 1. The van der Waals surface area contributed by atoms with Crippen molar-refractivity contribution in [1.82, 2.24) is 20.0 Å². The smallest absolute Gasteiger partial charge is 0.119 e. The second-order valence-electron chi connectivity index (χ2n) is 6.52. The van der Waals surface area contributed by atoms with Crippen LogP contribution in [0.2, 0.25) is 0 Å². The van der Waals surface area contributed by atoms with Crippen molar-refractivity contribution in [2.45, 2.75) is 6.54 Å². The molecule has 0 atom stereocenters. The van der Waals surface area contributed by atoms with Crippen LogP contribution < -0.4 is 4.74 Å². The zero-order chi connectivity index (χ0) is 17.6. The first-order valence-electron chi connectivity index (χ1n) is 9.08. The number of aromatic nitrogens is 2. The third kappa shape index (κ3) is 4.52. The number of rotatable bonds is 7. The summed E-state index contributed by atoms with van der Waals surface area (Å²) in [6.07, 6.45) is 1.80. The number of aromatic amines is 1. The summed E-state index contributed by atoms with van der Waals surface area (Å²) in [5, 5.41) is 7.07. The second kappa shape index (κ2) is 8.49. The number of thiophene rings is 1. The molecule has 2 aromatic heterocycles. The molecule has 0 spiro atoms. The van der Waals surface area contributed by atoms with Gasteiger partial charge in [-0.15, -0.1) is 11.3 Å². The molecule has 1 N–H and O–H groups in total. The van der Waals surface area contributed by atoms with Gasteiger partial charge in [-0.3, -0.25) is 14.9 Å². The highest BCUT2D eigenvalue weighted by Crippen LogP contribution is 2.27. The van der Waals surface area contributed by atoms with Gasteiger partial charge in [0.15, 0.2) is 0 Å². The summed E-state index contributed by atoms with van der Waals surface area (Å²) >= 11 is 1.85. The molecule has 0 radical (unpaired) electrons. The van der Waals surface area contributed by atoms with Gasteiger partial charge in [0.2, 0.25) is 0 Å². The van der Waals surface area contributed by atoms with Crippen molar-refractivity contribution in [2.75, 3.05) is 39.3 Å². The van der Waals surface area contributed by atoms with E-state index < -0.39 is 0 Å². The summed E-state index contributed by atoms with van der Waals surface area (Å²) in [6.45, 7) is 7.22. The predicted molar refractivity (Wildman–Crippen MR) is 106 cm³/mol. The van der Waals surface area contributed by atoms with Gasteiger partial charge in [0.1, 0.15) is 12.4 Å². The van der Waals surface area contributed by atoms with Crippen LogP contribution >= 0.6 is 11.3 Å². The van der Waals surface area contributed by atoms with Gasteiger partial charge in [0.05, 0.1) is 10.6 Å². The molecule has 0 saturated carbocycles. The third-order valence-corrected chi connectivity index (χ3v) is 5.79. The van der Waals surface area contributed by atoms with Gasteiger partial charge in [0, 0.05) is 50.3 Å². The Morgan fingerprint density at radius 3 is 2.54 bits per heavy atom. The first-order valence-corrected chi connectivity index (χ1v) is 9.89. The number of ether oxygens (including phenoxy) is 1. The van der Waals surface area contributed by atoms with Crippen LogP contribution in [-0.2, 0) is 6.54 Å². The summed E-state index contributed by atoms with van der Waals surface area (Å²) < 4.78 is 5.81. The Labute approximate surface area is 158 Å². The average molecular weight is 369 g/mol. The maximum Gasteiger partial charge on any atom is 0.119 e. The molecule has 0 unspecified atom stereocenters. The highest BCUT2D eigenvalue weighted by molar-refractivity contribution is 7.15. The van der Waals surface area contributed by atoms with Crippen molar-refractivity contribution in [3.05, 3.63) is 59.6 Å². The molecule has 1 aromatic carbocycles. The first kappa shape index (κ1) is 17.3. The Morgan fingerprint density at radius 1 is 0.962 bits per heavy atom. The van der Waals surface area contributed by atoms with Crippen LogP contribution in [0.1, 0.15) is 4.88 Å². The summed E-state index contributed by atoms with van der Waals surface area (Å²) in [6, 6.07) is 16.5. The normalized spacial score (nSPS) is 16.0. The second-order valence-corrected chi connectivity index (χ2v) is 7.68. The lowest BCUT2D eigenvalue weighted by atomic mass is 10.3. The lowest BCUT2D eigenvalue weighted by Crippen LogP contribution is -2.46. The van der Waals surface area contributed by atoms with Crippen LogP contribution in [0.3, 0.4) is 0 Å². The van der Waals surface area contributed by atoms with Crippen molar-refractivity contribution in [1.29, 1.82) is 0 Å². The molecule has 0 amide bonds. The molecule has 0 bridgehead atoms. The van der Waals surface area contributed by atoms with Crippen LogP contribution in [0, 0.1) is 0 Å². The van der Waals surface area contributed by atoms with E-state index >= 15 is 0 Å². The van der Waals surface area contributed by atoms with Crippen LogP contribution in [0.25, 0.3) is 10.6 Å². The Bertz CT molecular complexity index is 779. The predicted octanol–water partition coefficient (Wildman–Crippen LogP) is 3.33. The van der Waals surface area contributed by atoms with Crippen molar-refractivity contribution in [3.8, 4) is 16.3 Å². The maximum absolute atomic E-state index is 5.81. The molecule has 26 heavy (non-hydrogen) atoms. The van der Waals surface area contributed by atoms with Crippen LogP contribution in [0.5, 0.6) is 5.75 Å². The molecule has 3 heterocycles. The highest BCUT2D eigenvalue weighted by atomic mass is 32.1. The van der Waals surface area contributed by atoms with Crippen molar-refractivity contribution in [2.24, 2.45) is 0 Å². The van der Waals surface area contributed by atoms with Gasteiger partial charge in [-0.2, -0.15) is 5.10 Å². The topological polar surface area (TPSA) is 44.4 Å². The molecular formula is C20H24N4OS. The lowest BCUT2D eigenvalue weighted by molar-refractivity contribution is 0.113. The molecule has 6 heteroatoms. The Hall–Kier alpha value is -2.15. The number of benzene rings is 1. The number of hydrogen-bond donors (Lipinski definition) is 1. The van der Waals surface area contributed by atoms with Gasteiger partial charge >= 0.3 is 0 Å². The molecule has 136 valence electrons. The van der Waals surface area contributed by atoms with E-state index in [1.165, 1.54) is 9.75 Å². The largest absolute Gasteiger partial charge is 0.492 e. The molecular weight excluding hydrogens is 344 g/mol. The van der Waals surface area contributed by atoms with Crippen LogP contribution in [0.4, 0.5) is 0 Å². The molecule has 1 aliphatic heterocycles. The van der Waals surface area contributed by atoms with E-state index in [4.69, 9.17) is 4.74 Å². The minimum Gasteiger partial charge on any atom is -0.492 e. The van der Waals surface area contributed by atoms with Crippen molar-refractivity contribution in [3.63, 3.8) is 0 Å². The number of H-pyrrole nitrogens is 1.